The molecule has 1 aromatic rings. The summed E-state index contributed by atoms with van der Waals surface area (Å²) in [7, 11) is 0. The number of hydrogen-bond donors (Lipinski definition) is 2. The van der Waals surface area contributed by atoms with Gasteiger partial charge in [-0.05, 0) is 44.6 Å². The molecule has 5 atom stereocenters. The molecule has 0 aromatic heterocycles. The Labute approximate surface area is 182 Å². The van der Waals surface area contributed by atoms with Crippen LogP contribution in [0.1, 0.15) is 32.3 Å². The van der Waals surface area contributed by atoms with Crippen LogP contribution in [0.15, 0.2) is 30.3 Å². The summed E-state index contributed by atoms with van der Waals surface area (Å²) >= 11 is 0. The number of carboxylic acids is 1. The Morgan fingerprint density at radius 3 is 2.71 bits per heavy atom. The molecule has 2 aliphatic heterocycles. The monoisotopic (exact) mass is 432 g/mol. The minimum atomic E-state index is -0.985. The van der Waals surface area contributed by atoms with E-state index in [0.717, 1.165) is 5.56 Å². The number of aliphatic carboxylic acids is 1. The smallest absolute Gasteiger partial charge is 0.326 e. The topological polar surface area (TPSA) is 105 Å². The number of carboxylic acid groups (broad SMARTS) is 1. The van der Waals surface area contributed by atoms with E-state index in [0.29, 0.717) is 39.0 Å². The van der Waals surface area contributed by atoms with E-state index in [1.54, 1.807) is 13.8 Å². The zero-order valence-electron chi connectivity index (χ0n) is 18.2. The van der Waals surface area contributed by atoms with E-state index in [1.807, 2.05) is 30.3 Å². The fourth-order valence-electron chi connectivity index (χ4n) is 4.65. The van der Waals surface area contributed by atoms with E-state index >= 15 is 0 Å². The highest BCUT2D eigenvalue weighted by atomic mass is 16.5. The molecule has 0 radical (unpaired) electrons. The first-order valence-electron chi connectivity index (χ1n) is 11.0. The number of likely N-dealkylation sites (tertiary alicyclic amines) is 1. The van der Waals surface area contributed by atoms with Gasteiger partial charge in [-0.3, -0.25) is 14.9 Å². The summed E-state index contributed by atoms with van der Waals surface area (Å²) < 4.78 is 10.7. The number of carbonyl (C=O) groups is 3. The van der Waals surface area contributed by atoms with Crippen molar-refractivity contribution in [1.29, 1.82) is 0 Å². The Morgan fingerprint density at radius 1 is 1.29 bits per heavy atom. The molecule has 0 bridgehead atoms. The van der Waals surface area contributed by atoms with E-state index in [9.17, 15) is 19.5 Å². The molecule has 2 aliphatic rings. The molecule has 1 amide bonds. The van der Waals surface area contributed by atoms with Crippen molar-refractivity contribution in [2.24, 2.45) is 11.8 Å². The normalized spacial score (nSPS) is 24.8. The van der Waals surface area contributed by atoms with Gasteiger partial charge in [-0.2, -0.15) is 0 Å². The highest BCUT2D eigenvalue weighted by Gasteiger charge is 2.49. The van der Waals surface area contributed by atoms with Crippen molar-refractivity contribution in [1.82, 2.24) is 10.2 Å². The highest BCUT2D eigenvalue weighted by Crippen LogP contribution is 2.36. The highest BCUT2D eigenvalue weighted by molar-refractivity contribution is 5.88. The third kappa shape index (κ3) is 5.62. The van der Waals surface area contributed by atoms with Crippen LogP contribution in [-0.4, -0.2) is 72.3 Å². The maximum absolute atomic E-state index is 13.2. The van der Waals surface area contributed by atoms with Crippen molar-refractivity contribution < 1.29 is 29.0 Å². The van der Waals surface area contributed by atoms with Gasteiger partial charge >= 0.3 is 11.9 Å². The van der Waals surface area contributed by atoms with E-state index in [4.69, 9.17) is 9.47 Å². The number of carbonyl (C=O) groups excluding carboxylic acids is 2. The maximum atomic E-state index is 13.2. The third-order valence-corrected chi connectivity index (χ3v) is 6.20. The fraction of sp³-hybridized carbons (Fsp3) is 0.609. The lowest BCUT2D eigenvalue weighted by Gasteiger charge is -2.29. The van der Waals surface area contributed by atoms with E-state index in [2.05, 4.69) is 5.32 Å². The summed E-state index contributed by atoms with van der Waals surface area (Å²) in [5, 5.41) is 12.9. The summed E-state index contributed by atoms with van der Waals surface area (Å²) in [5.74, 6) is -1.76. The molecule has 2 saturated heterocycles. The van der Waals surface area contributed by atoms with Gasteiger partial charge in [0.2, 0.25) is 5.91 Å². The Hall–Kier alpha value is -2.45. The second-order valence-electron chi connectivity index (χ2n) is 8.28. The maximum Gasteiger partial charge on any atom is 0.326 e. The molecule has 2 heterocycles. The molecule has 8 heteroatoms. The first-order valence-corrected chi connectivity index (χ1v) is 11.0. The second kappa shape index (κ2) is 10.7. The molecule has 0 spiro atoms. The molecular formula is C23H32N2O6. The van der Waals surface area contributed by atoms with Crippen LogP contribution >= 0.6 is 0 Å². The number of nitrogens with zero attached hydrogens (tertiary/aromatic N) is 1. The van der Waals surface area contributed by atoms with Gasteiger partial charge in [-0.15, -0.1) is 0 Å². The van der Waals surface area contributed by atoms with Gasteiger partial charge < -0.3 is 19.5 Å². The number of benzene rings is 1. The average molecular weight is 433 g/mol. The largest absolute Gasteiger partial charge is 0.480 e. The van der Waals surface area contributed by atoms with Crippen LogP contribution in [0, 0.1) is 11.8 Å². The van der Waals surface area contributed by atoms with Crippen molar-refractivity contribution in [2.45, 2.75) is 51.2 Å². The van der Waals surface area contributed by atoms with Crippen LogP contribution in [0.3, 0.4) is 0 Å². The fourth-order valence-corrected chi connectivity index (χ4v) is 4.65. The number of amides is 1. The van der Waals surface area contributed by atoms with Gasteiger partial charge in [0.05, 0.1) is 19.3 Å². The summed E-state index contributed by atoms with van der Waals surface area (Å²) in [4.78, 5) is 39.1. The van der Waals surface area contributed by atoms with Gasteiger partial charge in [0.1, 0.15) is 12.1 Å². The molecule has 170 valence electrons. The number of ether oxygens (including phenoxy) is 2. The summed E-state index contributed by atoms with van der Waals surface area (Å²) in [6, 6.07) is 7.57. The van der Waals surface area contributed by atoms with Crippen molar-refractivity contribution in [3.8, 4) is 0 Å². The lowest BCUT2D eigenvalue weighted by atomic mass is 9.87. The van der Waals surface area contributed by atoms with Gasteiger partial charge in [-0.1, -0.05) is 30.3 Å². The molecule has 2 N–H and O–H groups in total. The van der Waals surface area contributed by atoms with Gasteiger partial charge in [-0.25, -0.2) is 4.79 Å². The Bertz CT molecular complexity index is 771. The van der Waals surface area contributed by atoms with E-state index < -0.39 is 30.1 Å². The van der Waals surface area contributed by atoms with Crippen LogP contribution < -0.4 is 5.32 Å². The zero-order valence-corrected chi connectivity index (χ0v) is 18.2. The van der Waals surface area contributed by atoms with Crippen LogP contribution in [0.25, 0.3) is 0 Å². The van der Waals surface area contributed by atoms with Crippen molar-refractivity contribution in [3.05, 3.63) is 35.9 Å². The van der Waals surface area contributed by atoms with Crippen LogP contribution in [0.2, 0.25) is 0 Å². The Balaban J connectivity index is 1.67. The number of aryl methyl sites for hydroxylation is 1. The average Bonchev–Trinajstić information content (AvgIpc) is 3.16. The minimum Gasteiger partial charge on any atom is -0.480 e. The third-order valence-electron chi connectivity index (χ3n) is 6.20. The number of rotatable bonds is 9. The molecule has 8 nitrogen and oxygen atoms in total. The molecular weight excluding hydrogens is 400 g/mol. The number of esters is 1. The lowest BCUT2D eigenvalue weighted by Crippen LogP contribution is -2.54. The number of hydrogen-bond acceptors (Lipinski definition) is 6. The van der Waals surface area contributed by atoms with Gasteiger partial charge in [0, 0.05) is 19.1 Å². The van der Waals surface area contributed by atoms with Crippen LogP contribution in [0.4, 0.5) is 0 Å². The van der Waals surface area contributed by atoms with Crippen molar-refractivity contribution in [2.75, 3.05) is 26.4 Å². The van der Waals surface area contributed by atoms with Gasteiger partial charge in [0.25, 0.3) is 0 Å². The van der Waals surface area contributed by atoms with Crippen LogP contribution in [-0.2, 0) is 30.3 Å². The van der Waals surface area contributed by atoms with E-state index in [-0.39, 0.29) is 24.3 Å². The molecule has 4 unspecified atom stereocenters. The lowest BCUT2D eigenvalue weighted by molar-refractivity contribution is -0.151. The predicted octanol–water partition coefficient (Wildman–Crippen LogP) is 1.48. The second-order valence-corrected chi connectivity index (χ2v) is 8.28. The van der Waals surface area contributed by atoms with Crippen LogP contribution in [0.5, 0.6) is 0 Å². The summed E-state index contributed by atoms with van der Waals surface area (Å²) in [6.07, 6.45) is 1.76. The Kier molecular flexibility index (Phi) is 8.03. The Morgan fingerprint density at radius 2 is 2.03 bits per heavy atom. The molecule has 31 heavy (non-hydrogen) atoms. The van der Waals surface area contributed by atoms with Crippen molar-refractivity contribution >= 4 is 17.8 Å². The molecule has 3 rings (SSSR count). The van der Waals surface area contributed by atoms with Gasteiger partial charge in [0.15, 0.2) is 0 Å². The molecule has 0 aliphatic carbocycles. The number of nitrogens with one attached hydrogen (secondary N) is 1. The molecule has 2 fully saturated rings. The zero-order chi connectivity index (χ0) is 22.4. The quantitative estimate of drug-likeness (QED) is 0.570. The summed E-state index contributed by atoms with van der Waals surface area (Å²) in [5.41, 5.74) is 1.09. The predicted molar refractivity (Wildman–Crippen MR) is 113 cm³/mol. The van der Waals surface area contributed by atoms with Crippen molar-refractivity contribution in [3.63, 3.8) is 0 Å². The first kappa shape index (κ1) is 23.2. The first-order chi connectivity index (χ1) is 14.9. The molecule has 1 aromatic carbocycles. The number of fused-ring (bicyclic) bond motifs is 1. The SMILES string of the molecule is CCOC(=O)C(CCc1ccccc1)N[C@@H](C)C(=O)N1CC2COCCC2C1C(=O)O. The van der Waals surface area contributed by atoms with E-state index in [1.165, 1.54) is 4.90 Å². The standard InChI is InChI=1S/C23H32N2O6/c1-3-31-23(29)19(10-9-16-7-5-4-6-8-16)24-15(2)21(26)25-13-17-14-30-12-11-18(17)20(25)22(27)28/h4-8,15,17-20,24H,3,9-14H2,1-2H3,(H,27,28)/t15-,17?,18?,19?,20?/m0/s1. The molecule has 0 saturated carbocycles. The summed E-state index contributed by atoms with van der Waals surface area (Å²) in [6.45, 7) is 5.02. The minimum absolute atomic E-state index is 0.0323.